The fraction of sp³-hybridized carbons (Fsp3) is 0.692. The first-order valence-corrected chi connectivity index (χ1v) is 6.50. The van der Waals surface area contributed by atoms with Crippen LogP contribution in [0.25, 0.3) is 0 Å². The molecule has 0 radical (unpaired) electrons. The summed E-state index contributed by atoms with van der Waals surface area (Å²) >= 11 is 0. The predicted octanol–water partition coefficient (Wildman–Crippen LogP) is 2.03. The predicted molar refractivity (Wildman–Crippen MR) is 87.2 cm³/mol. The standard InChI is InChI=1S/C13H22N4O.HI/c1-8-7-12(8)16-13(14-4)15-6-5-11-9(2)17-18-10(11)3;/h8,12H,5-7H2,1-4H3,(H2,14,15,16);1H. The summed E-state index contributed by atoms with van der Waals surface area (Å²) < 4.78 is 5.14. The molecule has 6 heteroatoms. The van der Waals surface area contributed by atoms with E-state index in [2.05, 4.69) is 27.7 Å². The third-order valence-electron chi connectivity index (χ3n) is 3.50. The van der Waals surface area contributed by atoms with Crippen LogP contribution in [0.3, 0.4) is 0 Å². The molecule has 1 aromatic rings. The van der Waals surface area contributed by atoms with Gasteiger partial charge in [-0.15, -0.1) is 24.0 Å². The van der Waals surface area contributed by atoms with E-state index in [0.29, 0.717) is 6.04 Å². The quantitative estimate of drug-likeness (QED) is 0.478. The van der Waals surface area contributed by atoms with Gasteiger partial charge in [-0.1, -0.05) is 12.1 Å². The normalized spacial score (nSPS) is 21.8. The number of halogens is 1. The number of nitrogens with one attached hydrogen (secondary N) is 2. The molecule has 2 rings (SSSR count). The van der Waals surface area contributed by atoms with Gasteiger partial charge in [0.05, 0.1) is 5.69 Å². The van der Waals surface area contributed by atoms with E-state index in [4.69, 9.17) is 4.52 Å². The zero-order valence-corrected chi connectivity index (χ0v) is 14.3. The SMILES string of the molecule is CN=C(NCCc1c(C)noc1C)NC1CC1C.I. The highest BCUT2D eigenvalue weighted by Gasteiger charge is 2.33. The van der Waals surface area contributed by atoms with Gasteiger partial charge in [-0.25, -0.2) is 0 Å². The maximum absolute atomic E-state index is 5.14. The Morgan fingerprint density at radius 3 is 2.63 bits per heavy atom. The third kappa shape index (κ3) is 4.36. The molecule has 5 nitrogen and oxygen atoms in total. The lowest BCUT2D eigenvalue weighted by atomic mass is 10.1. The van der Waals surface area contributed by atoms with Gasteiger partial charge in [0.2, 0.25) is 0 Å². The maximum Gasteiger partial charge on any atom is 0.191 e. The van der Waals surface area contributed by atoms with Crippen LogP contribution >= 0.6 is 24.0 Å². The van der Waals surface area contributed by atoms with Crippen LogP contribution < -0.4 is 10.6 Å². The Morgan fingerprint density at radius 2 is 2.16 bits per heavy atom. The molecular weight excluding hydrogens is 355 g/mol. The van der Waals surface area contributed by atoms with E-state index in [1.165, 1.54) is 12.0 Å². The fourth-order valence-corrected chi connectivity index (χ4v) is 2.06. The zero-order valence-electron chi connectivity index (χ0n) is 12.0. The van der Waals surface area contributed by atoms with Crippen molar-refractivity contribution >= 4 is 29.9 Å². The highest BCUT2D eigenvalue weighted by molar-refractivity contribution is 14.0. The number of aromatic nitrogens is 1. The van der Waals surface area contributed by atoms with E-state index in [0.717, 1.165) is 36.3 Å². The van der Waals surface area contributed by atoms with Gasteiger partial charge < -0.3 is 15.2 Å². The minimum Gasteiger partial charge on any atom is -0.361 e. The second kappa shape index (κ2) is 7.12. The van der Waals surface area contributed by atoms with Gasteiger partial charge >= 0.3 is 0 Å². The second-order valence-corrected chi connectivity index (χ2v) is 5.02. The van der Waals surface area contributed by atoms with Crippen molar-refractivity contribution in [1.29, 1.82) is 0 Å². The lowest BCUT2D eigenvalue weighted by molar-refractivity contribution is 0.392. The number of rotatable bonds is 4. The molecule has 2 unspecified atom stereocenters. The van der Waals surface area contributed by atoms with Crippen molar-refractivity contribution in [2.24, 2.45) is 10.9 Å². The number of nitrogens with zero attached hydrogens (tertiary/aromatic N) is 2. The Hall–Kier alpha value is -0.790. The minimum absolute atomic E-state index is 0. The average molecular weight is 378 g/mol. The Morgan fingerprint density at radius 1 is 1.47 bits per heavy atom. The molecule has 108 valence electrons. The minimum atomic E-state index is 0. The molecule has 0 aliphatic heterocycles. The smallest absolute Gasteiger partial charge is 0.191 e. The number of hydrogen-bond acceptors (Lipinski definition) is 3. The van der Waals surface area contributed by atoms with Gasteiger partial charge in [0, 0.05) is 25.2 Å². The Bertz CT molecular complexity index is 424. The highest BCUT2D eigenvalue weighted by Crippen LogP contribution is 2.28. The van der Waals surface area contributed by atoms with Crippen LogP contribution in [0.4, 0.5) is 0 Å². The molecule has 1 saturated carbocycles. The van der Waals surface area contributed by atoms with Gasteiger partial charge in [0.25, 0.3) is 0 Å². The van der Waals surface area contributed by atoms with Gasteiger partial charge in [0.1, 0.15) is 5.76 Å². The third-order valence-corrected chi connectivity index (χ3v) is 3.50. The number of aliphatic imine (C=N–C) groups is 1. The fourth-order valence-electron chi connectivity index (χ4n) is 2.06. The van der Waals surface area contributed by atoms with Crippen LogP contribution in [0.1, 0.15) is 30.4 Å². The molecule has 0 bridgehead atoms. The summed E-state index contributed by atoms with van der Waals surface area (Å²) in [7, 11) is 1.80. The number of aryl methyl sites for hydroxylation is 2. The van der Waals surface area contributed by atoms with Gasteiger partial charge in [-0.3, -0.25) is 4.99 Å². The van der Waals surface area contributed by atoms with E-state index in [-0.39, 0.29) is 24.0 Å². The first-order valence-electron chi connectivity index (χ1n) is 6.50. The van der Waals surface area contributed by atoms with Crippen LogP contribution in [-0.2, 0) is 6.42 Å². The van der Waals surface area contributed by atoms with Crippen LogP contribution in [0.5, 0.6) is 0 Å². The molecule has 0 amide bonds. The zero-order chi connectivity index (χ0) is 13.1. The summed E-state index contributed by atoms with van der Waals surface area (Å²) in [4.78, 5) is 4.22. The van der Waals surface area contributed by atoms with Gasteiger partial charge in [0.15, 0.2) is 5.96 Å². The van der Waals surface area contributed by atoms with E-state index < -0.39 is 0 Å². The first-order chi connectivity index (χ1) is 8.61. The molecule has 0 aromatic carbocycles. The largest absolute Gasteiger partial charge is 0.361 e. The lowest BCUT2D eigenvalue weighted by Gasteiger charge is -2.11. The molecule has 0 spiro atoms. The van der Waals surface area contributed by atoms with E-state index in [9.17, 15) is 0 Å². The summed E-state index contributed by atoms with van der Waals surface area (Å²) in [5, 5.41) is 10.7. The molecule has 1 heterocycles. The van der Waals surface area contributed by atoms with Crippen LogP contribution in [0.15, 0.2) is 9.52 Å². The van der Waals surface area contributed by atoms with Crippen molar-refractivity contribution in [3.63, 3.8) is 0 Å². The molecule has 2 atom stereocenters. The van der Waals surface area contributed by atoms with Crippen molar-refractivity contribution in [2.75, 3.05) is 13.6 Å². The molecule has 1 aliphatic carbocycles. The van der Waals surface area contributed by atoms with Gasteiger partial charge in [-0.2, -0.15) is 0 Å². The molecule has 0 saturated heterocycles. The highest BCUT2D eigenvalue weighted by atomic mass is 127. The number of hydrogen-bond donors (Lipinski definition) is 2. The van der Waals surface area contributed by atoms with Crippen LogP contribution in [0.2, 0.25) is 0 Å². The molecule has 1 aliphatic rings. The van der Waals surface area contributed by atoms with Gasteiger partial charge in [-0.05, 0) is 32.6 Å². The molecule has 2 N–H and O–H groups in total. The van der Waals surface area contributed by atoms with Crippen molar-refractivity contribution in [3.8, 4) is 0 Å². The van der Waals surface area contributed by atoms with Crippen molar-refractivity contribution in [1.82, 2.24) is 15.8 Å². The van der Waals surface area contributed by atoms with Crippen molar-refractivity contribution < 1.29 is 4.52 Å². The molecule has 19 heavy (non-hydrogen) atoms. The Kier molecular flexibility index (Phi) is 6.09. The Labute approximate surface area is 131 Å². The van der Waals surface area contributed by atoms with Crippen molar-refractivity contribution in [3.05, 3.63) is 17.0 Å². The Balaban J connectivity index is 0.00000180. The summed E-state index contributed by atoms with van der Waals surface area (Å²) in [6, 6.07) is 0.593. The van der Waals surface area contributed by atoms with E-state index in [1.807, 2.05) is 13.8 Å². The summed E-state index contributed by atoms with van der Waals surface area (Å²) in [5.74, 6) is 2.57. The number of guanidine groups is 1. The van der Waals surface area contributed by atoms with Crippen LogP contribution in [-0.4, -0.2) is 30.8 Å². The van der Waals surface area contributed by atoms with E-state index >= 15 is 0 Å². The molecule has 1 aromatic heterocycles. The summed E-state index contributed by atoms with van der Waals surface area (Å²) in [5.41, 5.74) is 2.17. The van der Waals surface area contributed by atoms with E-state index in [1.54, 1.807) is 7.05 Å². The average Bonchev–Trinajstić information content (AvgIpc) is 2.95. The molecule has 1 fully saturated rings. The summed E-state index contributed by atoms with van der Waals surface area (Å²) in [6.45, 7) is 7.01. The van der Waals surface area contributed by atoms with Crippen LogP contribution in [0, 0.1) is 19.8 Å². The van der Waals surface area contributed by atoms with Crippen molar-refractivity contribution in [2.45, 2.75) is 39.7 Å². The molecular formula is C13H23IN4O. The topological polar surface area (TPSA) is 62.5 Å². The second-order valence-electron chi connectivity index (χ2n) is 5.02. The first kappa shape index (κ1) is 16.3. The lowest BCUT2D eigenvalue weighted by Crippen LogP contribution is -2.40. The monoisotopic (exact) mass is 378 g/mol. The maximum atomic E-state index is 5.14. The summed E-state index contributed by atoms with van der Waals surface area (Å²) in [6.07, 6.45) is 2.15.